The van der Waals surface area contributed by atoms with Crippen LogP contribution in [0.2, 0.25) is 0 Å². The fourth-order valence-electron chi connectivity index (χ4n) is 9.92. The van der Waals surface area contributed by atoms with Gasteiger partial charge in [0.05, 0.1) is 153 Å². The van der Waals surface area contributed by atoms with E-state index in [9.17, 15) is 0 Å². The van der Waals surface area contributed by atoms with Crippen molar-refractivity contribution >= 4 is 0 Å². The van der Waals surface area contributed by atoms with E-state index < -0.39 is 0 Å². The highest BCUT2D eigenvalue weighted by Gasteiger charge is 2.32. The number of benzene rings is 1. The molecule has 9 heteroatoms. The Labute approximate surface area is 407 Å². The van der Waals surface area contributed by atoms with Gasteiger partial charge in [0.25, 0.3) is 0 Å². The second-order valence-electron chi connectivity index (χ2n) is 25.4. The molecular weight excluding hydrogens is 801 g/mol. The standard InChI is InChI=1S/C13H20N.2C9H21N2.C9H20N.C8H18NO.C8H18N/c1-11(2)14(3)9-8-12-6-4-5-7-13(12)10-14;2*1-9(2)10-5-7-11(3,4)8-6-10;1-9(2)10(3)7-5-4-6-8-10;1-8(2)9(3)4-6-10-7-5-9;1-8(2)9(3)6-4-5-7-9/h4-7,11H,8-10H2,1-3H3;2*9H,5-8H2,1-4H3;9H,4-8H2,1-3H3;8H,4-7H2,1-3H3;8H,4-7H2,1-3H3/q6*+1. The van der Waals surface area contributed by atoms with Crippen molar-refractivity contribution in [2.45, 2.75) is 164 Å². The first-order valence-electron chi connectivity index (χ1n) is 27.2. The molecule has 7 rings (SSSR count). The van der Waals surface area contributed by atoms with Crippen LogP contribution in [0.4, 0.5) is 0 Å². The van der Waals surface area contributed by atoms with Crippen molar-refractivity contribution < 1.29 is 31.6 Å². The van der Waals surface area contributed by atoms with Crippen LogP contribution in [0.5, 0.6) is 0 Å². The van der Waals surface area contributed by atoms with E-state index >= 15 is 0 Å². The Hall–Kier alpha value is -1.14. The van der Waals surface area contributed by atoms with Crippen molar-refractivity contribution in [3.63, 3.8) is 0 Å². The minimum Gasteiger partial charge on any atom is -0.370 e. The van der Waals surface area contributed by atoms with Crippen molar-refractivity contribution in [3.05, 3.63) is 35.4 Å². The molecule has 1 atom stereocenters. The van der Waals surface area contributed by atoms with Gasteiger partial charge in [0, 0.05) is 63.1 Å². The first kappa shape index (κ1) is 60.0. The molecule has 0 spiro atoms. The monoisotopic (exact) mass is 919 g/mol. The zero-order valence-electron chi connectivity index (χ0n) is 47.7. The zero-order chi connectivity index (χ0) is 49.3. The van der Waals surface area contributed by atoms with Crippen LogP contribution in [-0.4, -0.2) is 241 Å². The molecule has 0 aliphatic carbocycles. The van der Waals surface area contributed by atoms with Crippen molar-refractivity contribution in [1.82, 2.24) is 9.80 Å². The molecule has 0 saturated carbocycles. The fourth-order valence-corrected chi connectivity index (χ4v) is 9.92. The summed E-state index contributed by atoms with van der Waals surface area (Å²) in [5, 5.41) is 0. The molecule has 5 saturated heterocycles. The molecule has 6 aliphatic rings. The molecule has 6 heterocycles. The smallest absolute Gasteiger partial charge is 0.105 e. The minimum absolute atomic E-state index is 0.725. The van der Waals surface area contributed by atoms with Crippen LogP contribution in [0.3, 0.4) is 0 Å². The third-order valence-corrected chi connectivity index (χ3v) is 17.9. The predicted octanol–water partition coefficient (Wildman–Crippen LogP) is 8.70. The highest BCUT2D eigenvalue weighted by atomic mass is 16.5. The van der Waals surface area contributed by atoms with Crippen molar-refractivity contribution in [3.8, 4) is 0 Å². The SMILES string of the molecule is CC(C)N1CC[N+](C)(C)CC1.CC(C)N1CC[N+](C)(C)CC1.CC(C)[N+]1(C)CCCC1.CC(C)[N+]1(C)CCCCC1.CC(C)[N+]1(C)CCOCC1.CC(C)[N+]1(C)CCc2ccccc2C1. The van der Waals surface area contributed by atoms with Crippen molar-refractivity contribution in [1.29, 1.82) is 0 Å². The van der Waals surface area contributed by atoms with E-state index in [0.717, 1.165) is 49.5 Å². The largest absolute Gasteiger partial charge is 0.370 e. The zero-order valence-corrected chi connectivity index (χ0v) is 47.7. The highest BCUT2D eigenvalue weighted by Crippen LogP contribution is 2.26. The summed E-state index contributed by atoms with van der Waals surface area (Å²) in [7, 11) is 18.7. The van der Waals surface area contributed by atoms with Crippen molar-refractivity contribution in [2.75, 3.05) is 168 Å². The maximum Gasteiger partial charge on any atom is 0.105 e. The second kappa shape index (κ2) is 27.3. The molecule has 0 bridgehead atoms. The number of ether oxygens (including phenoxy) is 1. The Morgan fingerprint density at radius 1 is 0.385 bits per heavy atom. The molecule has 1 aromatic carbocycles. The maximum atomic E-state index is 5.30. The van der Waals surface area contributed by atoms with Crippen LogP contribution in [0.15, 0.2) is 24.3 Å². The Bertz CT molecular complexity index is 1340. The van der Waals surface area contributed by atoms with Gasteiger partial charge in [0.2, 0.25) is 0 Å². The van der Waals surface area contributed by atoms with Gasteiger partial charge in [-0.05, 0) is 108 Å². The van der Waals surface area contributed by atoms with Gasteiger partial charge < -0.3 is 31.6 Å². The van der Waals surface area contributed by atoms with Gasteiger partial charge in [-0.25, -0.2) is 0 Å². The van der Waals surface area contributed by atoms with Gasteiger partial charge in [-0.2, -0.15) is 0 Å². The minimum atomic E-state index is 0.725. The van der Waals surface area contributed by atoms with Gasteiger partial charge in [-0.15, -0.1) is 0 Å². The number of piperidine rings is 1. The number of nitrogens with zero attached hydrogens (tertiary/aromatic N) is 8. The third-order valence-electron chi connectivity index (χ3n) is 17.9. The van der Waals surface area contributed by atoms with E-state index in [1.807, 2.05) is 0 Å². The molecule has 6 aliphatic heterocycles. The van der Waals surface area contributed by atoms with E-state index in [1.165, 1.54) is 170 Å². The summed E-state index contributed by atoms with van der Waals surface area (Å²) in [4.78, 5) is 5.12. The fraction of sp³-hybridized carbons (Fsp3) is 0.893. The van der Waals surface area contributed by atoms with Gasteiger partial charge in [-0.1, -0.05) is 24.3 Å². The Balaban J connectivity index is 0.000000270. The molecule has 0 amide bonds. The lowest BCUT2D eigenvalue weighted by molar-refractivity contribution is -0.944. The lowest BCUT2D eigenvalue weighted by Crippen LogP contribution is -2.56. The second-order valence-corrected chi connectivity index (χ2v) is 25.4. The average Bonchev–Trinajstić information content (AvgIpc) is 3.70. The first-order valence-corrected chi connectivity index (χ1v) is 27.2. The number of piperazine rings is 2. The Kier molecular flexibility index (Phi) is 25.2. The lowest BCUT2D eigenvalue weighted by Gasteiger charge is -2.42. The highest BCUT2D eigenvalue weighted by molar-refractivity contribution is 5.27. The lowest BCUT2D eigenvalue weighted by atomic mass is 9.97. The number of rotatable bonds is 6. The van der Waals surface area contributed by atoms with Crippen LogP contribution in [0, 0.1) is 0 Å². The van der Waals surface area contributed by atoms with Crippen molar-refractivity contribution in [2.24, 2.45) is 0 Å². The first-order chi connectivity index (χ1) is 30.1. The molecule has 0 radical (unpaired) electrons. The summed E-state index contributed by atoms with van der Waals surface area (Å²) >= 11 is 0. The topological polar surface area (TPSA) is 15.7 Å². The number of hydrogen-bond acceptors (Lipinski definition) is 3. The van der Waals surface area contributed by atoms with Gasteiger partial charge in [-0.3, -0.25) is 9.80 Å². The van der Waals surface area contributed by atoms with E-state index in [0.29, 0.717) is 0 Å². The summed E-state index contributed by atoms with van der Waals surface area (Å²) in [6.07, 6.45) is 8.46. The number of likely N-dealkylation sites (tertiary alicyclic amines) is 2. The normalized spacial score (nSPS) is 25.7. The molecule has 0 aromatic heterocycles. The number of morpholine rings is 1. The molecular formula is C56H118N8O+6. The molecule has 9 nitrogen and oxygen atoms in total. The molecule has 1 unspecified atom stereocenters. The summed E-state index contributed by atoms with van der Waals surface area (Å²) in [5.74, 6) is 0. The van der Waals surface area contributed by atoms with Crippen LogP contribution in [-0.2, 0) is 17.7 Å². The summed E-state index contributed by atoms with van der Waals surface area (Å²) < 4.78 is 12.7. The molecule has 65 heavy (non-hydrogen) atoms. The van der Waals surface area contributed by atoms with Crippen LogP contribution < -0.4 is 0 Å². The number of likely N-dealkylation sites (N-methyl/N-ethyl adjacent to an activating group) is 4. The van der Waals surface area contributed by atoms with E-state index in [-0.39, 0.29) is 0 Å². The van der Waals surface area contributed by atoms with Crippen LogP contribution in [0.25, 0.3) is 0 Å². The van der Waals surface area contributed by atoms with Gasteiger partial charge in [0.1, 0.15) is 19.6 Å². The van der Waals surface area contributed by atoms with Crippen LogP contribution in [0.1, 0.15) is 126 Å². The molecule has 382 valence electrons. The molecule has 1 aromatic rings. The van der Waals surface area contributed by atoms with E-state index in [1.54, 1.807) is 11.1 Å². The van der Waals surface area contributed by atoms with E-state index in [4.69, 9.17) is 4.74 Å². The quantitative estimate of drug-likeness (QED) is 0.266. The molecule has 5 fully saturated rings. The van der Waals surface area contributed by atoms with Gasteiger partial charge in [0.15, 0.2) is 0 Å². The summed E-state index contributed by atoms with van der Waals surface area (Å²) in [6, 6.07) is 13.5. The maximum absolute atomic E-state index is 5.30. The predicted molar refractivity (Wildman–Crippen MR) is 284 cm³/mol. The molecule has 0 N–H and O–H groups in total. The average molecular weight is 920 g/mol. The Morgan fingerprint density at radius 3 is 1.02 bits per heavy atom. The number of fused-ring (bicyclic) bond motifs is 1. The van der Waals surface area contributed by atoms with Crippen LogP contribution >= 0.6 is 0 Å². The number of quaternary nitrogens is 6. The van der Waals surface area contributed by atoms with E-state index in [2.05, 4.69) is 174 Å². The third kappa shape index (κ3) is 20.8. The van der Waals surface area contributed by atoms with Gasteiger partial charge >= 0.3 is 0 Å². The number of hydrogen-bond donors (Lipinski definition) is 0. The summed E-state index contributed by atoms with van der Waals surface area (Å²) in [6.45, 7) is 50.3. The Morgan fingerprint density at radius 2 is 0.708 bits per heavy atom. The summed E-state index contributed by atoms with van der Waals surface area (Å²) in [5.41, 5.74) is 3.11.